The van der Waals surface area contributed by atoms with E-state index in [1.54, 1.807) is 6.08 Å². The molecule has 0 heterocycles. The third-order valence-corrected chi connectivity index (χ3v) is 8.36. The first-order valence-corrected chi connectivity index (χ1v) is 10.5. The molecular weight excluding hydrogens is 287 g/mol. The fraction of sp³-hybridized carbons (Fsp3) is 0.667. The zero-order valence-corrected chi connectivity index (χ0v) is 15.1. The first-order chi connectivity index (χ1) is 8.94. The molecule has 0 aromatic heterocycles. The molecule has 114 valence electrons. The van der Waals surface area contributed by atoms with Gasteiger partial charge >= 0.3 is 0 Å². The van der Waals surface area contributed by atoms with Gasteiger partial charge in [-0.25, -0.2) is 0 Å². The molecule has 0 aromatic carbocycles. The summed E-state index contributed by atoms with van der Waals surface area (Å²) in [6.45, 7) is 12.1. The number of hydrogen-bond acceptors (Lipinski definition) is 3. The van der Waals surface area contributed by atoms with Gasteiger partial charge in [-0.1, -0.05) is 35.2 Å². The molecule has 5 heteroatoms. The highest BCUT2D eigenvalue weighted by atomic mass is 31.0. The van der Waals surface area contributed by atoms with E-state index in [-0.39, 0.29) is 16.5 Å². The van der Waals surface area contributed by atoms with Crippen LogP contribution in [-0.4, -0.2) is 29.8 Å². The number of carbonyl (C=O) groups is 1. The van der Waals surface area contributed by atoms with Gasteiger partial charge in [0.1, 0.15) is 0 Å². The molecule has 0 spiro atoms. The lowest BCUT2D eigenvalue weighted by molar-refractivity contribution is -0.107. The van der Waals surface area contributed by atoms with Gasteiger partial charge < -0.3 is 9.90 Å². The van der Waals surface area contributed by atoms with Crippen molar-refractivity contribution in [1.29, 1.82) is 0 Å². The molecular formula is C15H27O3PSi. The predicted molar refractivity (Wildman–Crippen MR) is 89.0 cm³/mol. The summed E-state index contributed by atoms with van der Waals surface area (Å²) >= 11 is 0. The molecule has 0 radical (unpaired) electrons. The lowest BCUT2D eigenvalue weighted by atomic mass is 9.76. The van der Waals surface area contributed by atoms with Crippen molar-refractivity contribution in [2.24, 2.45) is 5.92 Å². The summed E-state index contributed by atoms with van der Waals surface area (Å²) in [5.41, 5.74) is 1.75. The Balaban J connectivity index is 2.93. The Morgan fingerprint density at radius 2 is 2.05 bits per heavy atom. The van der Waals surface area contributed by atoms with Crippen LogP contribution in [0.4, 0.5) is 0 Å². The average molecular weight is 314 g/mol. The van der Waals surface area contributed by atoms with Crippen LogP contribution in [0, 0.1) is 5.92 Å². The molecule has 1 unspecified atom stereocenters. The van der Waals surface area contributed by atoms with Crippen molar-refractivity contribution >= 4 is 23.1 Å². The van der Waals surface area contributed by atoms with E-state index in [4.69, 9.17) is 0 Å². The molecule has 0 bridgehead atoms. The van der Waals surface area contributed by atoms with E-state index in [0.29, 0.717) is 6.42 Å². The minimum absolute atomic E-state index is 0.0606. The van der Waals surface area contributed by atoms with Gasteiger partial charge in [0.2, 0.25) is 0 Å². The number of hydrogen-bond donors (Lipinski definition) is 2. The molecule has 0 aliphatic heterocycles. The molecule has 1 aliphatic rings. The molecule has 0 saturated heterocycles. The Morgan fingerprint density at radius 1 is 1.50 bits per heavy atom. The van der Waals surface area contributed by atoms with E-state index < -0.39 is 14.4 Å². The minimum Gasteiger partial charge on any atom is -0.432 e. The van der Waals surface area contributed by atoms with E-state index in [0.717, 1.165) is 24.0 Å². The molecule has 0 amide bonds. The molecule has 1 rings (SSSR count). The zero-order valence-electron chi connectivity index (χ0n) is 12.9. The summed E-state index contributed by atoms with van der Waals surface area (Å²) in [7, 11) is -0.145. The number of carbonyl (C=O) groups excluding carboxylic acids is 1. The second kappa shape index (κ2) is 6.23. The Kier molecular flexibility index (Phi) is 5.53. The fourth-order valence-electron chi connectivity index (χ4n) is 2.57. The van der Waals surface area contributed by atoms with Gasteiger partial charge in [-0.15, -0.1) is 0 Å². The summed E-state index contributed by atoms with van der Waals surface area (Å²) in [6.07, 6.45) is 3.06. The molecule has 1 saturated carbocycles. The monoisotopic (exact) mass is 314 g/mol. The van der Waals surface area contributed by atoms with Gasteiger partial charge in [0.05, 0.1) is 6.10 Å². The van der Waals surface area contributed by atoms with E-state index in [1.165, 1.54) is 0 Å². The van der Waals surface area contributed by atoms with Crippen LogP contribution in [0.3, 0.4) is 0 Å². The van der Waals surface area contributed by atoms with E-state index >= 15 is 0 Å². The molecule has 3 nitrogen and oxygen atoms in total. The second-order valence-electron chi connectivity index (χ2n) is 7.05. The summed E-state index contributed by atoms with van der Waals surface area (Å²) in [4.78, 5) is 21.6. The maximum Gasteiger partial charge on any atom is 0.188 e. The molecule has 1 fully saturated rings. The number of allylic oxidation sites excluding steroid dienone is 1. The van der Waals surface area contributed by atoms with Crippen LogP contribution in [0.25, 0.3) is 0 Å². The Bertz CT molecular complexity index is 435. The third kappa shape index (κ3) is 4.36. The van der Waals surface area contributed by atoms with E-state index in [1.807, 2.05) is 13.1 Å². The maximum atomic E-state index is 11.2. The van der Waals surface area contributed by atoms with Crippen molar-refractivity contribution in [2.45, 2.75) is 57.3 Å². The second-order valence-corrected chi connectivity index (χ2v) is 12.1. The Hall–Kier alpha value is -0.283. The molecule has 20 heavy (non-hydrogen) atoms. The summed E-state index contributed by atoms with van der Waals surface area (Å²) in [6, 6.07) is 0. The SMILES string of the molecule is C=C1[C@H](CC(C)(C)[Si](C)(C)O)C/C(=C\C(=O)P)C[C@H]1O. The van der Waals surface area contributed by atoms with Crippen molar-refractivity contribution in [3.63, 3.8) is 0 Å². The summed E-state index contributed by atoms with van der Waals surface area (Å²) in [5, 5.41) is 9.96. The Labute approximate surface area is 125 Å². The van der Waals surface area contributed by atoms with E-state index in [9.17, 15) is 14.7 Å². The highest BCUT2D eigenvalue weighted by Crippen LogP contribution is 2.47. The van der Waals surface area contributed by atoms with Crippen LogP contribution < -0.4 is 0 Å². The van der Waals surface area contributed by atoms with Crippen LogP contribution in [0.15, 0.2) is 23.8 Å². The first-order valence-electron chi connectivity index (χ1n) is 7.02. The van der Waals surface area contributed by atoms with Gasteiger partial charge in [-0.3, -0.25) is 4.79 Å². The van der Waals surface area contributed by atoms with Crippen LogP contribution in [0.5, 0.6) is 0 Å². The minimum atomic E-state index is -2.29. The van der Waals surface area contributed by atoms with E-state index in [2.05, 4.69) is 29.7 Å². The van der Waals surface area contributed by atoms with Gasteiger partial charge in [-0.2, -0.15) is 0 Å². The normalized spacial score (nSPS) is 26.9. The van der Waals surface area contributed by atoms with Crippen molar-refractivity contribution in [2.75, 3.05) is 0 Å². The van der Waals surface area contributed by atoms with Gasteiger partial charge in [0.25, 0.3) is 0 Å². The smallest absolute Gasteiger partial charge is 0.188 e. The third-order valence-electron chi connectivity index (χ3n) is 4.68. The zero-order chi connectivity index (χ0) is 15.7. The van der Waals surface area contributed by atoms with Crippen LogP contribution in [0.1, 0.15) is 33.1 Å². The number of aliphatic hydroxyl groups excluding tert-OH is 1. The van der Waals surface area contributed by atoms with Crippen molar-refractivity contribution in [3.05, 3.63) is 23.8 Å². The van der Waals surface area contributed by atoms with Crippen LogP contribution in [-0.2, 0) is 4.79 Å². The fourth-order valence-corrected chi connectivity index (χ4v) is 3.55. The standard InChI is InChI=1S/C15H27O3PSi/c1-10-12(9-15(2,3)20(4,5)18)6-11(7-13(10)16)8-14(17)19/h8,12-13,16,18H,1,6-7,9,19H2,2-5H3/b11-8+/t12-,13+/m0/s1. The Morgan fingerprint density at radius 3 is 2.50 bits per heavy atom. The quantitative estimate of drug-likeness (QED) is 0.363. The largest absolute Gasteiger partial charge is 0.432 e. The van der Waals surface area contributed by atoms with Crippen molar-refractivity contribution in [3.8, 4) is 0 Å². The predicted octanol–water partition coefficient (Wildman–Crippen LogP) is 3.01. The topological polar surface area (TPSA) is 57.5 Å². The van der Waals surface area contributed by atoms with Crippen LogP contribution >= 0.6 is 9.24 Å². The first kappa shape index (κ1) is 17.8. The highest BCUT2D eigenvalue weighted by molar-refractivity contribution is 7.41. The average Bonchev–Trinajstić information content (AvgIpc) is 2.22. The molecule has 0 aromatic rings. The lowest BCUT2D eigenvalue weighted by Crippen LogP contribution is -2.41. The molecule has 1 aliphatic carbocycles. The van der Waals surface area contributed by atoms with Gasteiger partial charge in [0.15, 0.2) is 13.8 Å². The summed E-state index contributed by atoms with van der Waals surface area (Å²) in [5.74, 6) is 0.128. The van der Waals surface area contributed by atoms with Crippen molar-refractivity contribution < 1.29 is 14.7 Å². The number of rotatable bonds is 4. The lowest BCUT2D eigenvalue weighted by Gasteiger charge is -2.41. The van der Waals surface area contributed by atoms with Gasteiger partial charge in [-0.05, 0) is 55.0 Å². The highest BCUT2D eigenvalue weighted by Gasteiger charge is 2.41. The maximum absolute atomic E-state index is 11.2. The molecule has 2 N–H and O–H groups in total. The molecule has 3 atom stereocenters. The van der Waals surface area contributed by atoms with Crippen LogP contribution in [0.2, 0.25) is 18.1 Å². The summed E-state index contributed by atoms with van der Waals surface area (Å²) < 4.78 is 0. The number of aliphatic hydroxyl groups is 1. The van der Waals surface area contributed by atoms with Gasteiger partial charge in [0, 0.05) is 0 Å². The van der Waals surface area contributed by atoms with Crippen molar-refractivity contribution in [1.82, 2.24) is 0 Å².